The monoisotopic (exact) mass is 353 g/mol. The minimum absolute atomic E-state index is 0.0596. The molecule has 1 aliphatic rings. The van der Waals surface area contributed by atoms with Gasteiger partial charge in [0.05, 0.1) is 19.6 Å². The minimum atomic E-state index is -0.273. The summed E-state index contributed by atoms with van der Waals surface area (Å²) in [5.41, 5.74) is 2.53. The fraction of sp³-hybridized carbons (Fsp3) is 0.333. The number of benzene rings is 1. The zero-order valence-corrected chi connectivity index (χ0v) is 14.9. The largest absolute Gasteiger partial charge is 0.469 e. The molecule has 2 aromatic rings. The summed E-state index contributed by atoms with van der Waals surface area (Å²) in [5, 5.41) is 3.07. The molecule has 0 saturated carbocycles. The van der Waals surface area contributed by atoms with Crippen molar-refractivity contribution in [3.63, 3.8) is 0 Å². The van der Waals surface area contributed by atoms with Gasteiger partial charge in [0.15, 0.2) is 0 Å². The van der Waals surface area contributed by atoms with Gasteiger partial charge in [-0.05, 0) is 48.6 Å². The van der Waals surface area contributed by atoms with Gasteiger partial charge in [-0.3, -0.25) is 9.59 Å². The van der Waals surface area contributed by atoms with Crippen molar-refractivity contribution < 1.29 is 18.7 Å². The molecule has 0 unspecified atom stereocenters. The summed E-state index contributed by atoms with van der Waals surface area (Å²) in [6.45, 7) is 0. The summed E-state index contributed by atoms with van der Waals surface area (Å²) in [6, 6.07) is 11.9. The average Bonchev–Trinajstić information content (AvgIpc) is 3.13. The van der Waals surface area contributed by atoms with Crippen LogP contribution >= 0.6 is 0 Å². The van der Waals surface area contributed by atoms with Crippen molar-refractivity contribution in [3.8, 4) is 0 Å². The molecule has 1 aliphatic carbocycles. The summed E-state index contributed by atoms with van der Waals surface area (Å²) in [7, 11) is 1.36. The number of carbonyl (C=O) groups is 2. The maximum absolute atomic E-state index is 12.3. The van der Waals surface area contributed by atoms with E-state index in [0.29, 0.717) is 17.9 Å². The number of rotatable bonds is 6. The van der Waals surface area contributed by atoms with Crippen LogP contribution < -0.4 is 5.32 Å². The predicted octanol–water partition coefficient (Wildman–Crippen LogP) is 3.59. The number of carbonyl (C=O) groups excluding carboxylic acids is 2. The highest BCUT2D eigenvalue weighted by atomic mass is 16.5. The molecular formula is C21H23NO4. The van der Waals surface area contributed by atoms with Gasteiger partial charge in [0.25, 0.3) is 0 Å². The van der Waals surface area contributed by atoms with Crippen molar-refractivity contribution in [2.24, 2.45) is 0 Å². The van der Waals surface area contributed by atoms with Gasteiger partial charge in [0.2, 0.25) is 5.91 Å². The van der Waals surface area contributed by atoms with Gasteiger partial charge in [-0.25, -0.2) is 0 Å². The third kappa shape index (κ3) is 4.63. The molecule has 0 fully saturated rings. The Morgan fingerprint density at radius 2 is 2.12 bits per heavy atom. The topological polar surface area (TPSA) is 68.5 Å². The van der Waals surface area contributed by atoms with E-state index in [9.17, 15) is 9.59 Å². The zero-order chi connectivity index (χ0) is 18.4. The molecule has 5 heteroatoms. The summed E-state index contributed by atoms with van der Waals surface area (Å²) in [5.74, 6) is 0.866. The Hall–Kier alpha value is -2.82. The molecule has 1 aromatic heterocycles. The first kappa shape index (κ1) is 18.0. The quantitative estimate of drug-likeness (QED) is 0.636. The lowest BCUT2D eigenvalue weighted by atomic mass is 9.88. The van der Waals surface area contributed by atoms with E-state index in [1.54, 1.807) is 18.2 Å². The van der Waals surface area contributed by atoms with Crippen LogP contribution in [0, 0.1) is 0 Å². The Morgan fingerprint density at radius 3 is 2.96 bits per heavy atom. The third-order valence-corrected chi connectivity index (χ3v) is 4.57. The fourth-order valence-corrected chi connectivity index (χ4v) is 3.23. The SMILES string of the molecule is COC(=O)CCc1ccc(/C=C/C(=O)N[C@H]2CCCc3ccccc32)o1. The smallest absolute Gasteiger partial charge is 0.305 e. The average molecular weight is 353 g/mol. The number of nitrogens with one attached hydrogen (secondary N) is 1. The first-order valence-electron chi connectivity index (χ1n) is 8.87. The van der Waals surface area contributed by atoms with Crippen LogP contribution in [0.4, 0.5) is 0 Å². The highest BCUT2D eigenvalue weighted by molar-refractivity contribution is 5.91. The number of aryl methyl sites for hydroxylation is 2. The Morgan fingerprint density at radius 1 is 1.27 bits per heavy atom. The lowest BCUT2D eigenvalue weighted by Gasteiger charge is -2.25. The van der Waals surface area contributed by atoms with Gasteiger partial charge in [-0.2, -0.15) is 0 Å². The number of furan rings is 1. The molecule has 1 aromatic carbocycles. The van der Waals surface area contributed by atoms with E-state index >= 15 is 0 Å². The molecule has 0 spiro atoms. The second-order valence-corrected chi connectivity index (χ2v) is 6.37. The highest BCUT2D eigenvalue weighted by Gasteiger charge is 2.20. The Balaban J connectivity index is 1.56. The van der Waals surface area contributed by atoms with Crippen LogP contribution in [0.15, 0.2) is 46.9 Å². The summed E-state index contributed by atoms with van der Waals surface area (Å²) >= 11 is 0. The highest BCUT2D eigenvalue weighted by Crippen LogP contribution is 2.29. The number of hydrogen-bond acceptors (Lipinski definition) is 4. The van der Waals surface area contributed by atoms with E-state index in [1.165, 1.54) is 24.3 Å². The van der Waals surface area contributed by atoms with Crippen LogP contribution in [0.1, 0.15) is 48.0 Å². The lowest BCUT2D eigenvalue weighted by Crippen LogP contribution is -2.29. The second kappa shape index (κ2) is 8.52. The van der Waals surface area contributed by atoms with Crippen LogP contribution in [0.5, 0.6) is 0 Å². The number of methoxy groups -OCH3 is 1. The Bertz CT molecular complexity index is 806. The predicted molar refractivity (Wildman–Crippen MR) is 98.3 cm³/mol. The fourth-order valence-electron chi connectivity index (χ4n) is 3.23. The van der Waals surface area contributed by atoms with Gasteiger partial charge >= 0.3 is 5.97 Å². The van der Waals surface area contributed by atoms with Crippen LogP contribution in [-0.2, 0) is 27.2 Å². The van der Waals surface area contributed by atoms with E-state index in [1.807, 2.05) is 12.1 Å². The lowest BCUT2D eigenvalue weighted by molar-refractivity contribution is -0.140. The normalized spacial score (nSPS) is 16.3. The second-order valence-electron chi connectivity index (χ2n) is 6.37. The number of fused-ring (bicyclic) bond motifs is 1. The van der Waals surface area contributed by atoms with Crippen LogP contribution in [0.3, 0.4) is 0 Å². The standard InChI is InChI=1S/C21H23NO4/c1-25-21(24)14-12-17-10-9-16(26-17)11-13-20(23)22-19-8-4-6-15-5-2-3-7-18(15)19/h2-3,5,7,9-11,13,19H,4,6,8,12,14H2,1H3,(H,22,23)/b13-11+/t19-/m0/s1. The number of amides is 1. The van der Waals surface area contributed by atoms with Crippen molar-refractivity contribution in [2.75, 3.05) is 7.11 Å². The molecule has 0 aliphatic heterocycles. The van der Waals surface area contributed by atoms with E-state index < -0.39 is 0 Å². The third-order valence-electron chi connectivity index (χ3n) is 4.57. The number of ether oxygens (including phenoxy) is 1. The molecule has 1 atom stereocenters. The molecule has 26 heavy (non-hydrogen) atoms. The molecule has 0 radical (unpaired) electrons. The summed E-state index contributed by atoms with van der Waals surface area (Å²) < 4.78 is 10.2. The van der Waals surface area contributed by atoms with Gasteiger partial charge in [0.1, 0.15) is 11.5 Å². The molecule has 0 bridgehead atoms. The molecule has 5 nitrogen and oxygen atoms in total. The van der Waals surface area contributed by atoms with Crippen molar-refractivity contribution in [1.29, 1.82) is 0 Å². The maximum Gasteiger partial charge on any atom is 0.305 e. The van der Waals surface area contributed by atoms with Gasteiger partial charge in [0, 0.05) is 12.5 Å². The van der Waals surface area contributed by atoms with Crippen LogP contribution in [0.2, 0.25) is 0 Å². The van der Waals surface area contributed by atoms with E-state index in [-0.39, 0.29) is 24.3 Å². The Kier molecular flexibility index (Phi) is 5.89. The van der Waals surface area contributed by atoms with Crippen LogP contribution in [0.25, 0.3) is 6.08 Å². The molecule has 1 N–H and O–H groups in total. The number of esters is 1. The van der Waals surface area contributed by atoms with E-state index in [0.717, 1.165) is 19.3 Å². The maximum atomic E-state index is 12.3. The molecule has 3 rings (SSSR count). The van der Waals surface area contributed by atoms with Gasteiger partial charge in [-0.1, -0.05) is 24.3 Å². The zero-order valence-electron chi connectivity index (χ0n) is 14.9. The summed E-state index contributed by atoms with van der Waals surface area (Å²) in [4.78, 5) is 23.4. The first-order chi connectivity index (χ1) is 12.7. The van der Waals surface area contributed by atoms with Gasteiger partial charge in [-0.15, -0.1) is 0 Å². The molecule has 136 valence electrons. The van der Waals surface area contributed by atoms with E-state index in [2.05, 4.69) is 22.2 Å². The van der Waals surface area contributed by atoms with Gasteiger partial charge < -0.3 is 14.5 Å². The number of hydrogen-bond donors (Lipinski definition) is 1. The van der Waals surface area contributed by atoms with Crippen molar-refractivity contribution in [1.82, 2.24) is 5.32 Å². The Labute approximate surface area is 153 Å². The van der Waals surface area contributed by atoms with Crippen molar-refractivity contribution >= 4 is 18.0 Å². The minimum Gasteiger partial charge on any atom is -0.469 e. The first-order valence-corrected chi connectivity index (χ1v) is 8.87. The van der Waals surface area contributed by atoms with Crippen molar-refractivity contribution in [2.45, 2.75) is 38.1 Å². The van der Waals surface area contributed by atoms with Crippen LogP contribution in [-0.4, -0.2) is 19.0 Å². The molecule has 1 heterocycles. The van der Waals surface area contributed by atoms with Crippen molar-refractivity contribution in [3.05, 3.63) is 65.1 Å². The molecular weight excluding hydrogens is 330 g/mol. The molecule has 1 amide bonds. The van der Waals surface area contributed by atoms with E-state index in [4.69, 9.17) is 4.42 Å². The summed E-state index contributed by atoms with van der Waals surface area (Å²) in [6.07, 6.45) is 6.98. The molecule has 0 saturated heterocycles.